The van der Waals surface area contributed by atoms with Gasteiger partial charge in [0.15, 0.2) is 0 Å². The summed E-state index contributed by atoms with van der Waals surface area (Å²) in [5.41, 5.74) is -0.444. The van der Waals surface area contributed by atoms with E-state index < -0.39 is 5.60 Å². The van der Waals surface area contributed by atoms with Crippen molar-refractivity contribution in [2.45, 2.75) is 63.2 Å². The average molecular weight is 213 g/mol. The summed E-state index contributed by atoms with van der Waals surface area (Å²) in [5, 5.41) is 13.8. The summed E-state index contributed by atoms with van der Waals surface area (Å²) in [7, 11) is 0. The highest BCUT2D eigenvalue weighted by Crippen LogP contribution is 2.27. The monoisotopic (exact) mass is 213 g/mol. The van der Waals surface area contributed by atoms with Gasteiger partial charge in [0.25, 0.3) is 0 Å². The maximum atomic E-state index is 10.3. The Morgan fingerprint density at radius 2 is 2.07 bits per heavy atom. The summed E-state index contributed by atoms with van der Waals surface area (Å²) in [4.78, 5) is 0. The second kappa shape index (κ2) is 4.81. The Kier molecular flexibility index (Phi) is 3.65. The second-order valence-electron chi connectivity index (χ2n) is 5.14. The van der Waals surface area contributed by atoms with Crippen LogP contribution in [-0.4, -0.2) is 36.0 Å². The molecule has 2 atom stereocenters. The first-order valence-electron chi connectivity index (χ1n) is 6.27. The van der Waals surface area contributed by atoms with Gasteiger partial charge in [0.2, 0.25) is 0 Å². The molecule has 0 aromatic carbocycles. The third kappa shape index (κ3) is 2.92. The van der Waals surface area contributed by atoms with Crippen molar-refractivity contribution in [1.82, 2.24) is 5.32 Å². The molecule has 88 valence electrons. The summed E-state index contributed by atoms with van der Waals surface area (Å²) in [6.07, 6.45) is 6.94. The van der Waals surface area contributed by atoms with E-state index in [4.69, 9.17) is 4.74 Å². The zero-order valence-electron chi connectivity index (χ0n) is 9.67. The average Bonchev–Trinajstić information content (AvgIpc) is 2.62. The van der Waals surface area contributed by atoms with Crippen molar-refractivity contribution in [1.29, 1.82) is 0 Å². The van der Waals surface area contributed by atoms with E-state index in [1.165, 1.54) is 19.3 Å². The first kappa shape index (κ1) is 11.4. The van der Waals surface area contributed by atoms with E-state index in [-0.39, 0.29) is 0 Å². The van der Waals surface area contributed by atoms with Crippen LogP contribution < -0.4 is 5.32 Å². The molecular formula is C12H23NO2. The Labute approximate surface area is 92.2 Å². The Bertz CT molecular complexity index is 202. The maximum Gasteiger partial charge on any atom is 0.0771 e. The summed E-state index contributed by atoms with van der Waals surface area (Å²) in [6.45, 7) is 3.71. The van der Waals surface area contributed by atoms with Crippen LogP contribution in [0.15, 0.2) is 0 Å². The lowest BCUT2D eigenvalue weighted by atomic mass is 9.84. The zero-order chi connectivity index (χ0) is 10.7. The van der Waals surface area contributed by atoms with Crippen molar-refractivity contribution in [2.75, 3.05) is 13.2 Å². The quantitative estimate of drug-likeness (QED) is 0.745. The minimum atomic E-state index is -0.444. The number of hydrogen-bond acceptors (Lipinski definition) is 3. The molecule has 0 radical (unpaired) electrons. The molecule has 1 heterocycles. The molecule has 2 aliphatic rings. The van der Waals surface area contributed by atoms with Gasteiger partial charge >= 0.3 is 0 Å². The van der Waals surface area contributed by atoms with E-state index in [1.54, 1.807) is 0 Å². The minimum Gasteiger partial charge on any atom is -0.389 e. The molecule has 15 heavy (non-hydrogen) atoms. The summed E-state index contributed by atoms with van der Waals surface area (Å²) in [6, 6.07) is 0.441. The van der Waals surface area contributed by atoms with Gasteiger partial charge in [-0.25, -0.2) is 0 Å². The first-order chi connectivity index (χ1) is 7.20. The summed E-state index contributed by atoms with van der Waals surface area (Å²) < 4.78 is 5.49. The van der Waals surface area contributed by atoms with Crippen molar-refractivity contribution in [3.05, 3.63) is 0 Å². The molecule has 0 aromatic rings. The van der Waals surface area contributed by atoms with Crippen molar-refractivity contribution >= 4 is 0 Å². The molecule has 3 nitrogen and oxygen atoms in total. The van der Waals surface area contributed by atoms with Gasteiger partial charge in [-0.15, -0.1) is 0 Å². The Hall–Kier alpha value is -0.120. The van der Waals surface area contributed by atoms with Crippen molar-refractivity contribution < 1.29 is 9.84 Å². The van der Waals surface area contributed by atoms with E-state index in [0.717, 1.165) is 32.4 Å². The SMILES string of the molecule is C[C@H]1OCC[C@H]1NCC1(O)CCCCC1. The van der Waals surface area contributed by atoms with Crippen LogP contribution in [0, 0.1) is 0 Å². The lowest BCUT2D eigenvalue weighted by molar-refractivity contribution is 0.000394. The summed E-state index contributed by atoms with van der Waals surface area (Å²) in [5.74, 6) is 0. The van der Waals surface area contributed by atoms with E-state index >= 15 is 0 Å². The lowest BCUT2D eigenvalue weighted by Gasteiger charge is -2.33. The predicted octanol–water partition coefficient (Wildman–Crippen LogP) is 1.45. The molecule has 0 spiro atoms. The Balaban J connectivity index is 1.76. The number of nitrogens with one attached hydrogen (secondary N) is 1. The van der Waals surface area contributed by atoms with Gasteiger partial charge in [-0.05, 0) is 26.2 Å². The third-order valence-electron chi connectivity index (χ3n) is 3.85. The van der Waals surface area contributed by atoms with E-state index in [9.17, 15) is 5.11 Å². The standard InChI is InChI=1S/C12H23NO2/c1-10-11(5-8-15-10)13-9-12(14)6-3-2-4-7-12/h10-11,13-14H,2-9H2,1H3/t10-,11-/m1/s1. The fourth-order valence-electron chi connectivity index (χ4n) is 2.71. The fourth-order valence-corrected chi connectivity index (χ4v) is 2.71. The highest BCUT2D eigenvalue weighted by Gasteiger charge is 2.31. The number of rotatable bonds is 3. The molecule has 2 N–H and O–H groups in total. The molecule has 1 aliphatic heterocycles. The largest absolute Gasteiger partial charge is 0.389 e. The van der Waals surface area contributed by atoms with Crippen LogP contribution in [0.3, 0.4) is 0 Å². The molecule has 0 aromatic heterocycles. The number of hydrogen-bond donors (Lipinski definition) is 2. The van der Waals surface area contributed by atoms with E-state index in [0.29, 0.717) is 12.1 Å². The van der Waals surface area contributed by atoms with Crippen LogP contribution >= 0.6 is 0 Å². The van der Waals surface area contributed by atoms with Gasteiger partial charge in [-0.2, -0.15) is 0 Å². The molecule has 1 saturated carbocycles. The third-order valence-corrected chi connectivity index (χ3v) is 3.85. The molecule has 3 heteroatoms. The molecule has 2 fully saturated rings. The molecule has 2 rings (SSSR count). The fraction of sp³-hybridized carbons (Fsp3) is 1.00. The molecule has 0 amide bonds. The van der Waals surface area contributed by atoms with Gasteiger partial charge in [0.1, 0.15) is 0 Å². The highest BCUT2D eigenvalue weighted by atomic mass is 16.5. The zero-order valence-corrected chi connectivity index (χ0v) is 9.67. The lowest BCUT2D eigenvalue weighted by Crippen LogP contribution is -2.47. The van der Waals surface area contributed by atoms with Crippen LogP contribution in [0.25, 0.3) is 0 Å². The van der Waals surface area contributed by atoms with Crippen molar-refractivity contribution in [3.8, 4) is 0 Å². The Morgan fingerprint density at radius 3 is 2.67 bits per heavy atom. The van der Waals surface area contributed by atoms with Crippen LogP contribution in [0.2, 0.25) is 0 Å². The van der Waals surface area contributed by atoms with E-state index in [2.05, 4.69) is 12.2 Å². The topological polar surface area (TPSA) is 41.5 Å². The molecular weight excluding hydrogens is 190 g/mol. The summed E-state index contributed by atoms with van der Waals surface area (Å²) >= 11 is 0. The van der Waals surface area contributed by atoms with Gasteiger partial charge in [-0.1, -0.05) is 19.3 Å². The van der Waals surface area contributed by atoms with Crippen molar-refractivity contribution in [2.24, 2.45) is 0 Å². The maximum absolute atomic E-state index is 10.3. The second-order valence-corrected chi connectivity index (χ2v) is 5.14. The minimum absolute atomic E-state index is 0.303. The van der Waals surface area contributed by atoms with Gasteiger partial charge < -0.3 is 15.2 Å². The number of ether oxygens (including phenoxy) is 1. The van der Waals surface area contributed by atoms with Gasteiger partial charge in [-0.3, -0.25) is 0 Å². The van der Waals surface area contributed by atoms with Gasteiger partial charge in [0.05, 0.1) is 11.7 Å². The predicted molar refractivity (Wildman–Crippen MR) is 59.9 cm³/mol. The number of aliphatic hydroxyl groups is 1. The molecule has 1 aliphatic carbocycles. The van der Waals surface area contributed by atoms with Crippen LogP contribution in [0.5, 0.6) is 0 Å². The molecule has 0 bridgehead atoms. The van der Waals surface area contributed by atoms with Crippen molar-refractivity contribution in [3.63, 3.8) is 0 Å². The molecule has 1 saturated heterocycles. The normalized spacial score (nSPS) is 35.6. The van der Waals surface area contributed by atoms with Crippen LogP contribution in [0.1, 0.15) is 45.4 Å². The first-order valence-corrected chi connectivity index (χ1v) is 6.27. The van der Waals surface area contributed by atoms with Crippen LogP contribution in [-0.2, 0) is 4.74 Å². The smallest absolute Gasteiger partial charge is 0.0771 e. The highest BCUT2D eigenvalue weighted by molar-refractivity contribution is 4.88. The Morgan fingerprint density at radius 1 is 1.33 bits per heavy atom. The molecule has 0 unspecified atom stereocenters. The van der Waals surface area contributed by atoms with Gasteiger partial charge in [0, 0.05) is 19.2 Å². The van der Waals surface area contributed by atoms with E-state index in [1.807, 2.05) is 0 Å². The van der Waals surface area contributed by atoms with Crippen LogP contribution in [0.4, 0.5) is 0 Å².